The molecule has 0 radical (unpaired) electrons. The minimum Gasteiger partial charge on any atom is -0.444 e. The molecule has 0 saturated carbocycles. The molecule has 0 aromatic carbocycles. The Morgan fingerprint density at radius 1 is 1.22 bits per heavy atom. The normalized spacial score (nSPS) is 31.9. The van der Waals surface area contributed by atoms with Crippen LogP contribution in [0.3, 0.4) is 0 Å². The van der Waals surface area contributed by atoms with Gasteiger partial charge in [-0.15, -0.1) is 0 Å². The minimum atomic E-state index is -0.409. The van der Waals surface area contributed by atoms with Gasteiger partial charge in [-0.05, 0) is 46.5 Å². The summed E-state index contributed by atoms with van der Waals surface area (Å²) in [5.41, 5.74) is -0.409. The van der Waals surface area contributed by atoms with Crippen LogP contribution in [0.15, 0.2) is 0 Å². The third kappa shape index (κ3) is 3.37. The molecule has 104 valence electrons. The smallest absolute Gasteiger partial charge is 0.410 e. The first-order valence-electron chi connectivity index (χ1n) is 7.07. The summed E-state index contributed by atoms with van der Waals surface area (Å²) in [7, 11) is 1.87. The Labute approximate surface area is 110 Å². The second kappa shape index (κ2) is 5.08. The van der Waals surface area contributed by atoms with Gasteiger partial charge in [0.1, 0.15) is 5.60 Å². The number of carbonyl (C=O) groups excluding carboxylic acids is 1. The lowest BCUT2D eigenvalue weighted by Gasteiger charge is -2.43. The number of hydrogen-bond acceptors (Lipinski definition) is 3. The summed E-state index contributed by atoms with van der Waals surface area (Å²) in [6.07, 6.45) is 5.75. The summed E-state index contributed by atoms with van der Waals surface area (Å²) in [5.74, 6) is 0. The predicted molar refractivity (Wildman–Crippen MR) is 71.6 cm³/mol. The Kier molecular flexibility index (Phi) is 3.85. The molecule has 1 amide bonds. The molecule has 1 N–H and O–H groups in total. The van der Waals surface area contributed by atoms with Gasteiger partial charge >= 0.3 is 6.09 Å². The summed E-state index contributed by atoms with van der Waals surface area (Å²) >= 11 is 0. The Hall–Kier alpha value is -0.770. The predicted octanol–water partition coefficient (Wildman–Crippen LogP) is 2.53. The van der Waals surface area contributed by atoms with Crippen LogP contribution in [-0.2, 0) is 4.74 Å². The lowest BCUT2D eigenvalue weighted by Crippen LogP contribution is -2.55. The van der Waals surface area contributed by atoms with Crippen molar-refractivity contribution in [2.24, 2.45) is 0 Å². The molecule has 0 aromatic heterocycles. The van der Waals surface area contributed by atoms with Gasteiger partial charge in [-0.25, -0.2) is 4.79 Å². The monoisotopic (exact) mass is 254 g/mol. The first-order valence-corrected chi connectivity index (χ1v) is 7.07. The Morgan fingerprint density at radius 2 is 1.78 bits per heavy atom. The third-order valence-electron chi connectivity index (χ3n) is 3.92. The lowest BCUT2D eigenvalue weighted by atomic mass is 9.83. The average molecular weight is 254 g/mol. The largest absolute Gasteiger partial charge is 0.444 e. The maximum absolute atomic E-state index is 12.1. The number of hydrogen-bond donors (Lipinski definition) is 1. The van der Waals surface area contributed by atoms with Crippen LogP contribution in [0, 0.1) is 0 Å². The molecular formula is C14H26N2O2. The summed E-state index contributed by atoms with van der Waals surface area (Å²) in [5, 5.41) is 3.65. The average Bonchev–Trinajstić information content (AvgIpc) is 2.25. The summed E-state index contributed by atoms with van der Waals surface area (Å²) < 4.78 is 5.44. The van der Waals surface area contributed by atoms with Crippen molar-refractivity contribution in [3.8, 4) is 0 Å². The number of carbonyl (C=O) groups is 1. The van der Waals surface area contributed by atoms with E-state index in [4.69, 9.17) is 4.74 Å². The topological polar surface area (TPSA) is 41.6 Å². The maximum Gasteiger partial charge on any atom is 0.410 e. The van der Waals surface area contributed by atoms with Crippen LogP contribution < -0.4 is 5.32 Å². The van der Waals surface area contributed by atoms with Crippen molar-refractivity contribution in [3.63, 3.8) is 0 Å². The number of amides is 1. The molecule has 2 heterocycles. The van der Waals surface area contributed by atoms with E-state index >= 15 is 0 Å². The number of piperidine rings is 2. The molecular weight excluding hydrogens is 228 g/mol. The molecule has 0 spiro atoms. The van der Waals surface area contributed by atoms with Gasteiger partial charge in [-0.3, -0.25) is 0 Å². The molecule has 4 heteroatoms. The van der Waals surface area contributed by atoms with Crippen molar-refractivity contribution in [1.29, 1.82) is 0 Å². The molecule has 2 saturated heterocycles. The maximum atomic E-state index is 12.1. The highest BCUT2D eigenvalue weighted by Gasteiger charge is 2.35. The van der Waals surface area contributed by atoms with E-state index in [1.54, 1.807) is 4.90 Å². The fraction of sp³-hybridized carbons (Fsp3) is 0.929. The number of rotatable bonds is 1. The van der Waals surface area contributed by atoms with Gasteiger partial charge in [0.15, 0.2) is 0 Å². The molecule has 2 rings (SSSR count). The Bertz CT molecular complexity index is 299. The van der Waals surface area contributed by atoms with E-state index in [9.17, 15) is 4.79 Å². The van der Waals surface area contributed by atoms with E-state index in [0.29, 0.717) is 18.1 Å². The zero-order valence-electron chi connectivity index (χ0n) is 12.0. The zero-order valence-corrected chi connectivity index (χ0v) is 12.0. The van der Waals surface area contributed by atoms with Gasteiger partial charge in [0.2, 0.25) is 0 Å². The molecule has 2 bridgehead atoms. The van der Waals surface area contributed by atoms with Crippen molar-refractivity contribution >= 4 is 6.09 Å². The number of nitrogens with zero attached hydrogens (tertiary/aromatic N) is 1. The van der Waals surface area contributed by atoms with Crippen molar-refractivity contribution < 1.29 is 9.53 Å². The SMILES string of the molecule is CN(C(=O)OC(C)(C)C)C1C[C@H]2CCC[C@@H](C1)N2. The van der Waals surface area contributed by atoms with Crippen molar-refractivity contribution in [2.45, 2.75) is 76.6 Å². The van der Waals surface area contributed by atoms with E-state index in [2.05, 4.69) is 5.32 Å². The highest BCUT2D eigenvalue weighted by atomic mass is 16.6. The van der Waals surface area contributed by atoms with Gasteiger partial charge in [0, 0.05) is 25.2 Å². The second-order valence-corrected chi connectivity index (χ2v) is 6.71. The quantitative estimate of drug-likeness (QED) is 0.782. The van der Waals surface area contributed by atoms with E-state index in [0.717, 1.165) is 12.8 Å². The third-order valence-corrected chi connectivity index (χ3v) is 3.92. The summed E-state index contributed by atoms with van der Waals surface area (Å²) in [4.78, 5) is 13.9. The Balaban J connectivity index is 1.92. The molecule has 0 aromatic rings. The molecule has 1 unspecified atom stereocenters. The molecule has 2 aliphatic heterocycles. The van der Waals surface area contributed by atoms with Crippen molar-refractivity contribution in [2.75, 3.05) is 7.05 Å². The second-order valence-electron chi connectivity index (χ2n) is 6.71. The van der Waals surface area contributed by atoms with E-state index in [-0.39, 0.29) is 6.09 Å². The lowest BCUT2D eigenvalue weighted by molar-refractivity contribution is 0.0138. The van der Waals surface area contributed by atoms with Crippen LogP contribution in [-0.4, -0.2) is 41.8 Å². The highest BCUT2D eigenvalue weighted by Crippen LogP contribution is 2.28. The van der Waals surface area contributed by atoms with Gasteiger partial charge in [0.25, 0.3) is 0 Å². The van der Waals surface area contributed by atoms with E-state index in [1.165, 1.54) is 19.3 Å². The van der Waals surface area contributed by atoms with Crippen LogP contribution in [0.5, 0.6) is 0 Å². The van der Waals surface area contributed by atoms with Crippen molar-refractivity contribution in [1.82, 2.24) is 10.2 Å². The standard InChI is InChI=1S/C14H26N2O2/c1-14(2,3)18-13(17)16(4)12-8-10-6-5-7-11(9-12)15-10/h10-12,15H,5-9H2,1-4H3/t10-,11+,12?. The molecule has 2 fully saturated rings. The van der Waals surface area contributed by atoms with Gasteiger partial charge < -0.3 is 15.0 Å². The zero-order chi connectivity index (χ0) is 13.3. The highest BCUT2D eigenvalue weighted by molar-refractivity contribution is 5.68. The van der Waals surface area contributed by atoms with Gasteiger partial charge in [-0.2, -0.15) is 0 Å². The molecule has 0 aliphatic carbocycles. The summed E-state index contributed by atoms with van der Waals surface area (Å²) in [6, 6.07) is 1.51. The van der Waals surface area contributed by atoms with Crippen LogP contribution in [0.2, 0.25) is 0 Å². The first kappa shape index (κ1) is 13.7. The fourth-order valence-electron chi connectivity index (χ4n) is 3.03. The number of ether oxygens (including phenoxy) is 1. The summed E-state index contributed by atoms with van der Waals surface area (Å²) in [6.45, 7) is 5.74. The van der Waals surface area contributed by atoms with Crippen LogP contribution in [0.1, 0.15) is 52.9 Å². The van der Waals surface area contributed by atoms with E-state index in [1.807, 2.05) is 27.8 Å². The first-order chi connectivity index (χ1) is 8.35. The fourth-order valence-corrected chi connectivity index (χ4v) is 3.03. The molecule has 3 atom stereocenters. The number of fused-ring (bicyclic) bond motifs is 2. The molecule has 4 nitrogen and oxygen atoms in total. The van der Waals surface area contributed by atoms with Crippen molar-refractivity contribution in [3.05, 3.63) is 0 Å². The number of nitrogens with one attached hydrogen (secondary N) is 1. The van der Waals surface area contributed by atoms with Gasteiger partial charge in [-0.1, -0.05) is 6.42 Å². The minimum absolute atomic E-state index is 0.188. The Morgan fingerprint density at radius 3 is 2.28 bits per heavy atom. The van der Waals surface area contributed by atoms with Crippen LogP contribution in [0.25, 0.3) is 0 Å². The van der Waals surface area contributed by atoms with Gasteiger partial charge in [0.05, 0.1) is 0 Å². The molecule has 18 heavy (non-hydrogen) atoms. The van der Waals surface area contributed by atoms with Crippen LogP contribution >= 0.6 is 0 Å². The molecule has 2 aliphatic rings. The van der Waals surface area contributed by atoms with E-state index < -0.39 is 5.60 Å². The van der Waals surface area contributed by atoms with Crippen LogP contribution in [0.4, 0.5) is 4.79 Å².